The summed E-state index contributed by atoms with van der Waals surface area (Å²) in [7, 11) is 0. The molecule has 2 rings (SSSR count). The second-order valence-electron chi connectivity index (χ2n) is 2.97. The van der Waals surface area contributed by atoms with E-state index in [0.29, 0.717) is 0 Å². The zero-order valence-corrected chi connectivity index (χ0v) is 7.38. The molecule has 1 aromatic carbocycles. The lowest BCUT2D eigenvalue weighted by molar-refractivity contribution is 0.865. The van der Waals surface area contributed by atoms with E-state index >= 15 is 0 Å². The molecule has 0 amide bonds. The number of nitrogens with two attached hydrogens (primary N) is 1. The molecule has 62 valence electrons. The molecule has 1 nitrogen and oxygen atoms in total. The molecule has 1 aliphatic carbocycles. The predicted octanol–water partition coefficient (Wildman–Crippen LogP) is 2.45. The van der Waals surface area contributed by atoms with Crippen molar-refractivity contribution in [3.8, 4) is 0 Å². The van der Waals surface area contributed by atoms with Gasteiger partial charge >= 0.3 is 0 Å². The van der Waals surface area contributed by atoms with Gasteiger partial charge in [-0.1, -0.05) is 35.9 Å². The van der Waals surface area contributed by atoms with E-state index in [0.717, 1.165) is 17.0 Å². The Balaban J connectivity index is 2.58. The predicted molar refractivity (Wildman–Crippen MR) is 51.2 cm³/mol. The third kappa shape index (κ3) is 1.15. The lowest BCUT2D eigenvalue weighted by atomic mass is 9.93. The maximum absolute atomic E-state index is 6.02. The number of halogens is 1. The summed E-state index contributed by atoms with van der Waals surface area (Å²) in [5.74, 6) is 0. The van der Waals surface area contributed by atoms with Gasteiger partial charge in [0.15, 0.2) is 0 Å². The minimum atomic E-state index is -0.0255. The molecule has 1 aliphatic rings. The zero-order chi connectivity index (χ0) is 8.55. The molecule has 0 saturated carbocycles. The smallest absolute Gasteiger partial charge is 0.0499 e. The van der Waals surface area contributed by atoms with Gasteiger partial charge in [-0.25, -0.2) is 0 Å². The van der Waals surface area contributed by atoms with Crippen LogP contribution in [-0.4, -0.2) is 0 Å². The van der Waals surface area contributed by atoms with Crippen molar-refractivity contribution in [2.24, 2.45) is 5.73 Å². The van der Waals surface area contributed by atoms with Gasteiger partial charge in [0.2, 0.25) is 0 Å². The van der Waals surface area contributed by atoms with Crippen LogP contribution in [0.4, 0.5) is 0 Å². The number of hydrogen-bond acceptors (Lipinski definition) is 1. The molecule has 0 radical (unpaired) electrons. The highest BCUT2D eigenvalue weighted by Crippen LogP contribution is 2.29. The van der Waals surface area contributed by atoms with Crippen molar-refractivity contribution < 1.29 is 0 Å². The largest absolute Gasteiger partial charge is 0.321 e. The minimum Gasteiger partial charge on any atom is -0.321 e. The SMILES string of the molecule is NC1C=CCc2cccc(Cl)c21. The quantitative estimate of drug-likeness (QED) is 0.609. The third-order valence-electron chi connectivity index (χ3n) is 2.16. The van der Waals surface area contributed by atoms with Crippen LogP contribution in [-0.2, 0) is 6.42 Å². The van der Waals surface area contributed by atoms with Gasteiger partial charge in [0.25, 0.3) is 0 Å². The maximum Gasteiger partial charge on any atom is 0.0499 e. The van der Waals surface area contributed by atoms with E-state index in [2.05, 4.69) is 12.1 Å². The second kappa shape index (κ2) is 2.92. The number of rotatable bonds is 0. The Kier molecular flexibility index (Phi) is 1.91. The van der Waals surface area contributed by atoms with Crippen LogP contribution in [0.25, 0.3) is 0 Å². The van der Waals surface area contributed by atoms with E-state index in [1.54, 1.807) is 0 Å². The first-order chi connectivity index (χ1) is 5.79. The highest BCUT2D eigenvalue weighted by atomic mass is 35.5. The summed E-state index contributed by atoms with van der Waals surface area (Å²) in [6.07, 6.45) is 5.03. The summed E-state index contributed by atoms with van der Waals surface area (Å²) < 4.78 is 0. The molecular formula is C10H10ClN. The van der Waals surface area contributed by atoms with Gasteiger partial charge in [0.05, 0.1) is 0 Å². The van der Waals surface area contributed by atoms with Crippen molar-refractivity contribution >= 4 is 11.6 Å². The Labute approximate surface area is 76.8 Å². The van der Waals surface area contributed by atoms with E-state index in [-0.39, 0.29) is 6.04 Å². The molecular weight excluding hydrogens is 170 g/mol. The van der Waals surface area contributed by atoms with Crippen LogP contribution in [0.1, 0.15) is 17.2 Å². The summed E-state index contributed by atoms with van der Waals surface area (Å²) in [4.78, 5) is 0. The van der Waals surface area contributed by atoms with Crippen LogP contribution in [0.15, 0.2) is 30.4 Å². The summed E-state index contributed by atoms with van der Waals surface area (Å²) >= 11 is 6.02. The molecule has 0 fully saturated rings. The molecule has 1 aromatic rings. The second-order valence-corrected chi connectivity index (χ2v) is 3.38. The average molecular weight is 180 g/mol. The standard InChI is InChI=1S/C10H10ClN/c11-8-5-1-3-7-4-2-6-9(12)10(7)8/h1-3,5-6,9H,4,12H2. The van der Waals surface area contributed by atoms with Crippen LogP contribution in [0.5, 0.6) is 0 Å². The number of benzene rings is 1. The average Bonchev–Trinajstić information content (AvgIpc) is 2.04. The molecule has 12 heavy (non-hydrogen) atoms. The molecule has 1 atom stereocenters. The van der Waals surface area contributed by atoms with Crippen LogP contribution >= 0.6 is 11.6 Å². The van der Waals surface area contributed by atoms with Crippen molar-refractivity contribution in [3.05, 3.63) is 46.5 Å². The Morgan fingerprint density at radius 3 is 3.00 bits per heavy atom. The van der Waals surface area contributed by atoms with E-state index in [1.807, 2.05) is 18.2 Å². The highest BCUT2D eigenvalue weighted by Gasteiger charge is 2.14. The van der Waals surface area contributed by atoms with Crippen molar-refractivity contribution in [1.29, 1.82) is 0 Å². The van der Waals surface area contributed by atoms with Crippen molar-refractivity contribution in [2.75, 3.05) is 0 Å². The van der Waals surface area contributed by atoms with Gasteiger partial charge in [0.1, 0.15) is 0 Å². The number of allylic oxidation sites excluding steroid dienone is 1. The van der Waals surface area contributed by atoms with Crippen molar-refractivity contribution in [2.45, 2.75) is 12.5 Å². The summed E-state index contributed by atoms with van der Waals surface area (Å²) in [6.45, 7) is 0. The highest BCUT2D eigenvalue weighted by molar-refractivity contribution is 6.31. The maximum atomic E-state index is 6.02. The molecule has 0 bridgehead atoms. The number of fused-ring (bicyclic) bond motifs is 1. The monoisotopic (exact) mass is 179 g/mol. The fourth-order valence-electron chi connectivity index (χ4n) is 1.57. The lowest BCUT2D eigenvalue weighted by Crippen LogP contribution is -2.13. The van der Waals surface area contributed by atoms with Crippen LogP contribution in [0, 0.1) is 0 Å². The Hall–Kier alpha value is -0.790. The van der Waals surface area contributed by atoms with Crippen LogP contribution < -0.4 is 5.73 Å². The Bertz CT molecular complexity index is 331. The normalized spacial score (nSPS) is 20.7. The number of hydrogen-bond donors (Lipinski definition) is 1. The summed E-state index contributed by atoms with van der Waals surface area (Å²) in [5, 5.41) is 0.782. The van der Waals surface area contributed by atoms with Gasteiger partial charge in [-0.2, -0.15) is 0 Å². The van der Waals surface area contributed by atoms with Gasteiger partial charge < -0.3 is 5.73 Å². The first kappa shape index (κ1) is 7.84. The molecule has 0 heterocycles. The molecule has 0 spiro atoms. The molecule has 2 heteroatoms. The van der Waals surface area contributed by atoms with Crippen molar-refractivity contribution in [3.63, 3.8) is 0 Å². The van der Waals surface area contributed by atoms with Gasteiger partial charge in [-0.3, -0.25) is 0 Å². The van der Waals surface area contributed by atoms with Gasteiger partial charge in [-0.15, -0.1) is 0 Å². The molecule has 0 saturated heterocycles. The van der Waals surface area contributed by atoms with Gasteiger partial charge in [-0.05, 0) is 23.6 Å². The Morgan fingerprint density at radius 1 is 1.42 bits per heavy atom. The van der Waals surface area contributed by atoms with E-state index < -0.39 is 0 Å². The molecule has 2 N–H and O–H groups in total. The molecule has 0 aromatic heterocycles. The minimum absolute atomic E-state index is 0.0255. The van der Waals surface area contributed by atoms with Crippen LogP contribution in [0.3, 0.4) is 0 Å². The lowest BCUT2D eigenvalue weighted by Gasteiger charge is -2.18. The van der Waals surface area contributed by atoms with E-state index in [4.69, 9.17) is 17.3 Å². The summed E-state index contributed by atoms with van der Waals surface area (Å²) in [6, 6.07) is 5.90. The van der Waals surface area contributed by atoms with E-state index in [9.17, 15) is 0 Å². The van der Waals surface area contributed by atoms with E-state index in [1.165, 1.54) is 5.56 Å². The first-order valence-electron chi connectivity index (χ1n) is 3.98. The fourth-order valence-corrected chi connectivity index (χ4v) is 1.89. The van der Waals surface area contributed by atoms with Gasteiger partial charge in [0, 0.05) is 11.1 Å². The Morgan fingerprint density at radius 2 is 2.25 bits per heavy atom. The van der Waals surface area contributed by atoms with Crippen molar-refractivity contribution in [1.82, 2.24) is 0 Å². The molecule has 0 aliphatic heterocycles. The zero-order valence-electron chi connectivity index (χ0n) is 6.63. The molecule has 1 unspecified atom stereocenters. The van der Waals surface area contributed by atoms with Crippen LogP contribution in [0.2, 0.25) is 5.02 Å². The summed E-state index contributed by atoms with van der Waals surface area (Å²) in [5.41, 5.74) is 8.21. The fraction of sp³-hybridized carbons (Fsp3) is 0.200. The third-order valence-corrected chi connectivity index (χ3v) is 2.49. The first-order valence-corrected chi connectivity index (χ1v) is 4.36. The topological polar surface area (TPSA) is 26.0 Å².